The minimum atomic E-state index is -1.57. The summed E-state index contributed by atoms with van der Waals surface area (Å²) in [7, 11) is 0. The molecule has 12 heavy (non-hydrogen) atoms. The fourth-order valence-electron chi connectivity index (χ4n) is 1.01. The molecule has 0 aromatic rings. The Hall–Kier alpha value is 0.707. The van der Waals surface area contributed by atoms with Crippen LogP contribution in [-0.4, -0.2) is 33.4 Å². The second-order valence-electron chi connectivity index (χ2n) is 2.79. The van der Waals surface area contributed by atoms with Crippen LogP contribution in [0.15, 0.2) is 0 Å². The predicted molar refractivity (Wildman–Crippen MR) is 56.2 cm³/mol. The molecule has 0 radical (unpaired) electrons. The van der Waals surface area contributed by atoms with E-state index in [0.717, 1.165) is 12.8 Å². The van der Waals surface area contributed by atoms with Gasteiger partial charge in [0.25, 0.3) is 0 Å². The normalized spacial score (nSPS) is 12.2. The van der Waals surface area contributed by atoms with Crippen molar-refractivity contribution in [1.82, 2.24) is 0 Å². The Bertz CT molecular complexity index is 109. The summed E-state index contributed by atoms with van der Waals surface area (Å²) in [6.07, 6.45) is 7.03. The van der Waals surface area contributed by atoms with Crippen molar-refractivity contribution in [2.45, 2.75) is 45.4 Å². The summed E-state index contributed by atoms with van der Waals surface area (Å²) in [4.78, 5) is 0. The molecule has 2 nitrogen and oxygen atoms in total. The Balaban J connectivity index is 0. The average Bonchev–Trinajstić information content (AvgIpc) is 1.96. The maximum absolute atomic E-state index is 10.2. The topological polar surface area (TPSA) is 37.3 Å². The van der Waals surface area contributed by atoms with Crippen LogP contribution in [0.2, 0.25) is 0 Å². The molecule has 0 saturated carbocycles. The van der Waals surface area contributed by atoms with E-state index in [-0.39, 0.29) is 18.9 Å². The fourth-order valence-corrected chi connectivity index (χ4v) is 1.46. The third-order valence-corrected chi connectivity index (χ3v) is 2.31. The van der Waals surface area contributed by atoms with Crippen LogP contribution in [0.25, 0.3) is 0 Å². The van der Waals surface area contributed by atoms with Gasteiger partial charge in [-0.3, -0.25) is 0 Å². The zero-order valence-corrected chi connectivity index (χ0v) is 8.03. The van der Waals surface area contributed by atoms with Crippen LogP contribution >= 0.6 is 0 Å². The number of hydrogen-bond acceptors (Lipinski definition) is 1. The zero-order chi connectivity index (χ0) is 8.53. The summed E-state index contributed by atoms with van der Waals surface area (Å²) in [5, 5.41) is 0. The minimum absolute atomic E-state index is 0. The van der Waals surface area contributed by atoms with Crippen LogP contribution in [0.1, 0.15) is 45.4 Å². The third kappa shape index (κ3) is 13.3. The third-order valence-electron chi connectivity index (χ3n) is 1.67. The summed E-state index contributed by atoms with van der Waals surface area (Å²) in [6, 6.07) is 0. The molecule has 0 bridgehead atoms. The summed E-state index contributed by atoms with van der Waals surface area (Å²) in [5.41, 5.74) is 0. The molecular formula is C8H19LiO2S. The SMILES string of the molecule is CCCCCCCCS(=O)O.[LiH]. The second-order valence-corrected chi connectivity index (χ2v) is 3.84. The van der Waals surface area contributed by atoms with Crippen LogP contribution < -0.4 is 0 Å². The van der Waals surface area contributed by atoms with Crippen LogP contribution in [0.5, 0.6) is 0 Å². The molecule has 70 valence electrons. The molecule has 0 rings (SSSR count). The second kappa shape index (κ2) is 11.7. The van der Waals surface area contributed by atoms with Gasteiger partial charge >= 0.3 is 18.9 Å². The average molecular weight is 186 g/mol. The molecule has 0 saturated heterocycles. The van der Waals surface area contributed by atoms with Gasteiger partial charge in [-0.1, -0.05) is 39.0 Å². The molecule has 0 heterocycles. The van der Waals surface area contributed by atoms with Crippen LogP contribution in [-0.2, 0) is 11.1 Å². The number of hydrogen-bond donors (Lipinski definition) is 1. The summed E-state index contributed by atoms with van der Waals surface area (Å²) in [5.74, 6) is 0.451. The van der Waals surface area contributed by atoms with Gasteiger partial charge in [-0.2, -0.15) is 0 Å². The van der Waals surface area contributed by atoms with Crippen molar-refractivity contribution in [1.29, 1.82) is 0 Å². The standard InChI is InChI=1S/C8H18O2S.Li.H/c1-2-3-4-5-6-7-8-11(9)10;;/h2-8H2,1H3,(H,9,10);;. The molecule has 0 aliphatic carbocycles. The van der Waals surface area contributed by atoms with E-state index in [1.807, 2.05) is 0 Å². The van der Waals surface area contributed by atoms with Gasteiger partial charge in [0.15, 0.2) is 11.1 Å². The first-order valence-corrected chi connectivity index (χ1v) is 5.62. The molecule has 0 aromatic carbocycles. The summed E-state index contributed by atoms with van der Waals surface area (Å²) >= 11 is -1.57. The van der Waals surface area contributed by atoms with Gasteiger partial charge in [0, 0.05) is 5.75 Å². The molecule has 0 amide bonds. The maximum atomic E-state index is 10.2. The fraction of sp³-hybridized carbons (Fsp3) is 1.00. The van der Waals surface area contributed by atoms with Crippen molar-refractivity contribution in [3.05, 3.63) is 0 Å². The zero-order valence-electron chi connectivity index (χ0n) is 7.21. The Labute approximate surface area is 90.0 Å². The predicted octanol–water partition coefficient (Wildman–Crippen LogP) is 1.92. The van der Waals surface area contributed by atoms with Crippen LogP contribution in [0, 0.1) is 0 Å². The Morgan fingerprint density at radius 3 is 2.08 bits per heavy atom. The quantitative estimate of drug-likeness (QED) is 0.374. The van der Waals surface area contributed by atoms with Gasteiger partial charge < -0.3 is 4.55 Å². The summed E-state index contributed by atoms with van der Waals surface area (Å²) < 4.78 is 18.6. The van der Waals surface area contributed by atoms with Crippen molar-refractivity contribution in [3.63, 3.8) is 0 Å². The Morgan fingerprint density at radius 2 is 1.58 bits per heavy atom. The van der Waals surface area contributed by atoms with E-state index in [0.29, 0.717) is 5.75 Å². The van der Waals surface area contributed by atoms with Gasteiger partial charge in [-0.05, 0) is 6.42 Å². The van der Waals surface area contributed by atoms with Crippen molar-refractivity contribution in [2.75, 3.05) is 5.75 Å². The van der Waals surface area contributed by atoms with Gasteiger partial charge in [-0.15, -0.1) is 0 Å². The van der Waals surface area contributed by atoms with Crippen molar-refractivity contribution in [3.8, 4) is 0 Å². The molecule has 0 aliphatic rings. The van der Waals surface area contributed by atoms with E-state index >= 15 is 0 Å². The van der Waals surface area contributed by atoms with Gasteiger partial charge in [-0.25, -0.2) is 4.21 Å². The van der Waals surface area contributed by atoms with Crippen molar-refractivity contribution in [2.24, 2.45) is 0 Å². The molecule has 4 heteroatoms. The number of unbranched alkanes of at least 4 members (excludes halogenated alkanes) is 5. The molecule has 0 spiro atoms. The monoisotopic (exact) mass is 186 g/mol. The summed E-state index contributed by atoms with van der Waals surface area (Å²) in [6.45, 7) is 2.18. The van der Waals surface area contributed by atoms with Crippen LogP contribution in [0.4, 0.5) is 0 Å². The molecular weight excluding hydrogens is 167 g/mol. The van der Waals surface area contributed by atoms with E-state index in [2.05, 4.69) is 6.92 Å². The first kappa shape index (κ1) is 15.2. The van der Waals surface area contributed by atoms with E-state index < -0.39 is 11.1 Å². The Kier molecular flexibility index (Phi) is 14.8. The first-order chi connectivity index (χ1) is 5.27. The van der Waals surface area contributed by atoms with Gasteiger partial charge in [0.05, 0.1) is 0 Å². The van der Waals surface area contributed by atoms with E-state index in [9.17, 15) is 4.21 Å². The first-order valence-electron chi connectivity index (χ1n) is 4.35. The van der Waals surface area contributed by atoms with Crippen LogP contribution in [0.3, 0.4) is 0 Å². The molecule has 1 unspecified atom stereocenters. The van der Waals surface area contributed by atoms with Gasteiger partial charge in [0.2, 0.25) is 0 Å². The van der Waals surface area contributed by atoms with Gasteiger partial charge in [0.1, 0.15) is 0 Å². The Morgan fingerprint density at radius 1 is 1.08 bits per heavy atom. The van der Waals surface area contributed by atoms with Crippen molar-refractivity contribution >= 4 is 29.9 Å². The van der Waals surface area contributed by atoms with E-state index in [4.69, 9.17) is 4.55 Å². The van der Waals surface area contributed by atoms with Crippen molar-refractivity contribution < 1.29 is 8.76 Å². The molecule has 1 atom stereocenters. The van der Waals surface area contributed by atoms with E-state index in [1.54, 1.807) is 0 Å². The van der Waals surface area contributed by atoms with E-state index in [1.165, 1.54) is 25.7 Å². The number of rotatable bonds is 7. The molecule has 0 fully saturated rings. The molecule has 0 aromatic heterocycles. The molecule has 1 N–H and O–H groups in total. The molecule has 0 aliphatic heterocycles.